The van der Waals surface area contributed by atoms with E-state index in [0.717, 1.165) is 5.56 Å². The molecule has 1 unspecified atom stereocenters. The van der Waals surface area contributed by atoms with Gasteiger partial charge in [0.05, 0.1) is 31.0 Å². The zero-order valence-corrected chi connectivity index (χ0v) is 17.8. The van der Waals surface area contributed by atoms with Gasteiger partial charge >= 0.3 is 18.0 Å². The summed E-state index contributed by atoms with van der Waals surface area (Å²) >= 11 is 0. The first kappa shape index (κ1) is 22.8. The third kappa shape index (κ3) is 5.23. The van der Waals surface area contributed by atoms with Crippen molar-refractivity contribution in [3.8, 4) is 0 Å². The standard InChI is InChI=1S/C23H24N2O7/c1-30-21(27)16-10-11-17(22(28)31-2)18(13-16)24-20(26)19-9-6-12-25(19)23(29)32-14-15-7-4-3-5-8-15/h3-5,7-8,10-11,13,19H,6,9,12,14H2,1-2H3,(H,24,26). The van der Waals surface area contributed by atoms with Crippen molar-refractivity contribution in [2.45, 2.75) is 25.5 Å². The second-order valence-electron chi connectivity index (χ2n) is 7.12. The highest BCUT2D eigenvalue weighted by molar-refractivity contribution is 6.05. The number of nitrogens with zero attached hydrogens (tertiary/aromatic N) is 1. The number of amides is 2. The molecule has 0 aromatic heterocycles. The predicted molar refractivity (Wildman–Crippen MR) is 114 cm³/mol. The minimum atomic E-state index is -0.773. The van der Waals surface area contributed by atoms with Gasteiger partial charge in [-0.05, 0) is 36.6 Å². The Morgan fingerprint density at radius 2 is 1.72 bits per heavy atom. The van der Waals surface area contributed by atoms with Crippen LogP contribution in [0.5, 0.6) is 0 Å². The molecule has 32 heavy (non-hydrogen) atoms. The highest BCUT2D eigenvalue weighted by atomic mass is 16.6. The average molecular weight is 440 g/mol. The fourth-order valence-corrected chi connectivity index (χ4v) is 3.46. The minimum absolute atomic E-state index is 0.0738. The molecule has 1 N–H and O–H groups in total. The van der Waals surface area contributed by atoms with Crippen LogP contribution in [0.25, 0.3) is 0 Å². The maximum absolute atomic E-state index is 13.0. The van der Waals surface area contributed by atoms with Crippen molar-refractivity contribution in [1.82, 2.24) is 4.90 Å². The zero-order chi connectivity index (χ0) is 23.1. The third-order valence-corrected chi connectivity index (χ3v) is 5.10. The number of hydrogen-bond acceptors (Lipinski definition) is 7. The van der Waals surface area contributed by atoms with Crippen LogP contribution in [0.1, 0.15) is 39.1 Å². The Kier molecular flexibility index (Phi) is 7.43. The van der Waals surface area contributed by atoms with E-state index in [9.17, 15) is 19.2 Å². The summed E-state index contributed by atoms with van der Waals surface area (Å²) in [4.78, 5) is 50.9. The van der Waals surface area contributed by atoms with Crippen molar-refractivity contribution in [3.05, 3.63) is 65.2 Å². The molecule has 1 fully saturated rings. The molecule has 1 heterocycles. The minimum Gasteiger partial charge on any atom is -0.465 e. The van der Waals surface area contributed by atoms with Crippen LogP contribution < -0.4 is 5.32 Å². The lowest BCUT2D eigenvalue weighted by Crippen LogP contribution is -2.43. The number of nitrogens with one attached hydrogen (secondary N) is 1. The predicted octanol–water partition coefficient (Wildman–Crippen LogP) is 3.00. The van der Waals surface area contributed by atoms with Crippen LogP contribution >= 0.6 is 0 Å². The Morgan fingerprint density at radius 3 is 2.41 bits per heavy atom. The molecule has 2 aromatic rings. The largest absolute Gasteiger partial charge is 0.465 e. The summed E-state index contributed by atoms with van der Waals surface area (Å²) in [5, 5.41) is 2.65. The van der Waals surface area contributed by atoms with E-state index < -0.39 is 30.0 Å². The Labute approximate surface area is 185 Å². The van der Waals surface area contributed by atoms with Gasteiger partial charge in [0.1, 0.15) is 12.6 Å². The van der Waals surface area contributed by atoms with Crippen LogP contribution in [-0.2, 0) is 25.6 Å². The van der Waals surface area contributed by atoms with Crippen molar-refractivity contribution in [3.63, 3.8) is 0 Å². The molecule has 3 rings (SSSR count). The summed E-state index contributed by atoms with van der Waals surface area (Å²) in [6, 6.07) is 12.6. The molecule has 1 saturated heterocycles. The van der Waals surface area contributed by atoms with E-state index in [4.69, 9.17) is 14.2 Å². The number of anilines is 1. The fraction of sp³-hybridized carbons (Fsp3) is 0.304. The molecule has 0 radical (unpaired) electrons. The first-order valence-corrected chi connectivity index (χ1v) is 10.0. The SMILES string of the molecule is COC(=O)c1ccc(C(=O)OC)c(NC(=O)C2CCCN2C(=O)OCc2ccccc2)c1. The van der Waals surface area contributed by atoms with Crippen molar-refractivity contribution >= 4 is 29.6 Å². The Balaban J connectivity index is 1.74. The molecule has 9 nitrogen and oxygen atoms in total. The number of hydrogen-bond donors (Lipinski definition) is 1. The molecule has 0 aliphatic carbocycles. The van der Waals surface area contributed by atoms with Gasteiger partial charge in [0.25, 0.3) is 0 Å². The molecule has 0 spiro atoms. The molecule has 2 aromatic carbocycles. The highest BCUT2D eigenvalue weighted by Gasteiger charge is 2.35. The van der Waals surface area contributed by atoms with Gasteiger partial charge in [-0.3, -0.25) is 9.69 Å². The van der Waals surface area contributed by atoms with Gasteiger partial charge in [-0.2, -0.15) is 0 Å². The lowest BCUT2D eigenvalue weighted by Gasteiger charge is -2.24. The second-order valence-corrected chi connectivity index (χ2v) is 7.12. The summed E-state index contributed by atoms with van der Waals surface area (Å²) in [5.41, 5.74) is 1.16. The first-order valence-electron chi connectivity index (χ1n) is 10.0. The van der Waals surface area contributed by atoms with E-state index in [1.54, 1.807) is 0 Å². The van der Waals surface area contributed by atoms with Gasteiger partial charge in [0, 0.05) is 6.54 Å². The number of carbonyl (C=O) groups is 4. The zero-order valence-electron chi connectivity index (χ0n) is 17.8. The maximum Gasteiger partial charge on any atom is 0.410 e. The maximum atomic E-state index is 13.0. The van der Waals surface area contributed by atoms with Gasteiger partial charge < -0.3 is 19.5 Å². The van der Waals surface area contributed by atoms with Crippen LogP contribution in [0, 0.1) is 0 Å². The number of ether oxygens (including phenoxy) is 3. The first-order chi connectivity index (χ1) is 15.4. The van der Waals surface area contributed by atoms with Crippen molar-refractivity contribution in [2.75, 3.05) is 26.1 Å². The van der Waals surface area contributed by atoms with Gasteiger partial charge in [0.15, 0.2) is 0 Å². The highest BCUT2D eigenvalue weighted by Crippen LogP contribution is 2.24. The third-order valence-electron chi connectivity index (χ3n) is 5.10. The quantitative estimate of drug-likeness (QED) is 0.543. The van der Waals surface area contributed by atoms with Crippen molar-refractivity contribution in [1.29, 1.82) is 0 Å². The van der Waals surface area contributed by atoms with E-state index >= 15 is 0 Å². The van der Waals surface area contributed by atoms with E-state index in [1.807, 2.05) is 30.3 Å². The molecule has 0 bridgehead atoms. The normalized spacial score (nSPS) is 15.1. The van der Waals surface area contributed by atoms with Crippen LogP contribution in [0.2, 0.25) is 0 Å². The monoisotopic (exact) mass is 440 g/mol. The van der Waals surface area contributed by atoms with E-state index in [0.29, 0.717) is 19.4 Å². The lowest BCUT2D eigenvalue weighted by atomic mass is 10.1. The molecule has 1 atom stereocenters. The topological polar surface area (TPSA) is 111 Å². The van der Waals surface area contributed by atoms with Gasteiger partial charge in [-0.15, -0.1) is 0 Å². The lowest BCUT2D eigenvalue weighted by molar-refractivity contribution is -0.120. The Hall–Kier alpha value is -3.88. The van der Waals surface area contributed by atoms with Crippen molar-refractivity contribution in [2.24, 2.45) is 0 Å². The van der Waals surface area contributed by atoms with Gasteiger partial charge in [-0.1, -0.05) is 30.3 Å². The summed E-state index contributed by atoms with van der Waals surface area (Å²) < 4.78 is 14.8. The van der Waals surface area contributed by atoms with E-state index in [-0.39, 0.29) is 23.4 Å². The summed E-state index contributed by atoms with van der Waals surface area (Å²) in [6.45, 7) is 0.468. The molecule has 0 saturated carbocycles. The average Bonchev–Trinajstić information content (AvgIpc) is 3.32. The molecule has 2 amide bonds. The van der Waals surface area contributed by atoms with Crippen LogP contribution in [0.15, 0.2) is 48.5 Å². The Morgan fingerprint density at radius 1 is 1.00 bits per heavy atom. The summed E-state index contributed by atoms with van der Waals surface area (Å²) in [6.07, 6.45) is 0.476. The van der Waals surface area contributed by atoms with Gasteiger partial charge in [0.2, 0.25) is 5.91 Å². The van der Waals surface area contributed by atoms with Crippen LogP contribution in [-0.4, -0.2) is 55.6 Å². The smallest absolute Gasteiger partial charge is 0.410 e. The van der Waals surface area contributed by atoms with E-state index in [1.165, 1.54) is 37.3 Å². The number of likely N-dealkylation sites (tertiary alicyclic amines) is 1. The number of esters is 2. The Bertz CT molecular complexity index is 1010. The van der Waals surface area contributed by atoms with Gasteiger partial charge in [-0.25, -0.2) is 14.4 Å². The molecule has 1 aliphatic heterocycles. The summed E-state index contributed by atoms with van der Waals surface area (Å²) in [7, 11) is 2.44. The van der Waals surface area contributed by atoms with E-state index in [2.05, 4.69) is 5.32 Å². The van der Waals surface area contributed by atoms with Crippen LogP contribution in [0.4, 0.5) is 10.5 Å². The summed E-state index contributed by atoms with van der Waals surface area (Å²) in [5.74, 6) is -1.79. The fourth-order valence-electron chi connectivity index (χ4n) is 3.46. The molecule has 1 aliphatic rings. The number of benzene rings is 2. The molecular formula is C23H24N2O7. The number of methoxy groups -OCH3 is 2. The number of carbonyl (C=O) groups excluding carboxylic acids is 4. The molecule has 9 heteroatoms. The second kappa shape index (κ2) is 10.4. The number of rotatable bonds is 6. The molecular weight excluding hydrogens is 416 g/mol. The van der Waals surface area contributed by atoms with Crippen LogP contribution in [0.3, 0.4) is 0 Å². The van der Waals surface area contributed by atoms with Crippen molar-refractivity contribution < 1.29 is 33.4 Å². The molecule has 168 valence electrons.